The highest BCUT2D eigenvalue weighted by molar-refractivity contribution is 6.42. The third kappa shape index (κ3) is 6.47. The second kappa shape index (κ2) is 11.1. The highest BCUT2D eigenvalue weighted by atomic mass is 35.5. The molecule has 142 valence electrons. The average molecular weight is 413 g/mol. The van der Waals surface area contributed by atoms with E-state index in [-0.39, 0.29) is 43.6 Å². The summed E-state index contributed by atoms with van der Waals surface area (Å²) in [7, 11) is 1.64. The molecule has 0 spiro atoms. The summed E-state index contributed by atoms with van der Waals surface area (Å²) in [5.74, 6) is 0.0470. The molecule has 0 radical (unpaired) electrons. The van der Waals surface area contributed by atoms with E-state index in [2.05, 4.69) is 10.6 Å². The van der Waals surface area contributed by atoms with E-state index in [9.17, 15) is 4.79 Å². The lowest BCUT2D eigenvalue weighted by Gasteiger charge is -2.27. The summed E-state index contributed by atoms with van der Waals surface area (Å²) in [4.78, 5) is 13.4. The van der Waals surface area contributed by atoms with Crippen LogP contribution in [0.15, 0.2) is 18.2 Å². The number of rotatable bonds is 5. The molecule has 0 aromatic heterocycles. The third-order valence-electron chi connectivity index (χ3n) is 4.03. The first-order valence-electron chi connectivity index (χ1n) is 7.90. The van der Waals surface area contributed by atoms with E-state index in [1.54, 1.807) is 13.1 Å². The highest BCUT2D eigenvalue weighted by Gasteiger charge is 2.27. The molecule has 1 saturated heterocycles. The Morgan fingerprint density at radius 2 is 2.20 bits per heavy atom. The number of urea groups is 1. The normalized spacial score (nSPS) is 20.3. The Morgan fingerprint density at radius 3 is 2.88 bits per heavy atom. The van der Waals surface area contributed by atoms with Gasteiger partial charge in [0.15, 0.2) is 0 Å². The molecule has 1 aromatic rings. The Morgan fingerprint density at radius 1 is 1.44 bits per heavy atom. The molecule has 6 nitrogen and oxygen atoms in total. The Kier molecular flexibility index (Phi) is 9.86. The molecule has 25 heavy (non-hydrogen) atoms. The molecule has 2 rings (SSSR count). The van der Waals surface area contributed by atoms with Crippen molar-refractivity contribution in [2.24, 2.45) is 0 Å². The van der Waals surface area contributed by atoms with Crippen molar-refractivity contribution in [2.75, 3.05) is 46.4 Å². The summed E-state index contributed by atoms with van der Waals surface area (Å²) in [6.07, 6.45) is -0.177. The number of carbonyl (C=O) groups excluding carboxylic acids is 1. The van der Waals surface area contributed by atoms with Gasteiger partial charge < -0.3 is 25.4 Å². The summed E-state index contributed by atoms with van der Waals surface area (Å²) >= 11 is 12.1. The number of amides is 2. The summed E-state index contributed by atoms with van der Waals surface area (Å²) in [5.41, 5.74) is 1.02. The van der Waals surface area contributed by atoms with Crippen LogP contribution in [0.25, 0.3) is 0 Å². The lowest BCUT2D eigenvalue weighted by molar-refractivity contribution is 0.0528. The van der Waals surface area contributed by atoms with Gasteiger partial charge in [0.25, 0.3) is 0 Å². The van der Waals surface area contributed by atoms with Crippen LogP contribution in [0.5, 0.6) is 0 Å². The van der Waals surface area contributed by atoms with E-state index in [0.29, 0.717) is 23.2 Å². The second-order valence-electron chi connectivity index (χ2n) is 5.72. The predicted octanol–water partition coefficient (Wildman–Crippen LogP) is 2.12. The van der Waals surface area contributed by atoms with Crippen molar-refractivity contribution in [1.29, 1.82) is 0 Å². The van der Waals surface area contributed by atoms with Gasteiger partial charge in [-0.25, -0.2) is 4.79 Å². The lowest BCUT2D eigenvalue weighted by atomic mass is 9.93. The van der Waals surface area contributed by atoms with Crippen molar-refractivity contribution in [3.63, 3.8) is 0 Å². The van der Waals surface area contributed by atoms with E-state index < -0.39 is 0 Å². The minimum atomic E-state index is -0.238. The fraction of sp³-hybridized carbons (Fsp3) is 0.562. The number of benzene rings is 1. The molecule has 0 saturated carbocycles. The molecule has 1 aromatic carbocycles. The Bertz CT molecular complexity index is 563. The number of aliphatic hydroxyl groups is 1. The molecule has 0 unspecified atom stereocenters. The van der Waals surface area contributed by atoms with E-state index in [1.165, 1.54) is 4.90 Å². The molecule has 1 heterocycles. The van der Waals surface area contributed by atoms with E-state index in [1.807, 2.05) is 12.1 Å². The highest BCUT2D eigenvalue weighted by Crippen LogP contribution is 2.29. The first-order chi connectivity index (χ1) is 11.5. The topological polar surface area (TPSA) is 73.8 Å². The summed E-state index contributed by atoms with van der Waals surface area (Å²) in [5, 5.41) is 16.1. The Hall–Kier alpha value is -0.760. The van der Waals surface area contributed by atoms with Gasteiger partial charge in [0, 0.05) is 39.1 Å². The van der Waals surface area contributed by atoms with E-state index >= 15 is 0 Å². The van der Waals surface area contributed by atoms with Gasteiger partial charge in [0.2, 0.25) is 0 Å². The van der Waals surface area contributed by atoms with Crippen LogP contribution in [-0.4, -0.2) is 68.6 Å². The number of likely N-dealkylation sites (N-methyl/N-ethyl adjacent to an activating group) is 1. The molecule has 3 N–H and O–H groups in total. The number of halogens is 3. The minimum Gasteiger partial charge on any atom is -0.395 e. The number of ether oxygens (including phenoxy) is 1. The van der Waals surface area contributed by atoms with Crippen molar-refractivity contribution in [1.82, 2.24) is 15.5 Å². The summed E-state index contributed by atoms with van der Waals surface area (Å²) in [6.45, 7) is 2.65. The fourth-order valence-corrected chi connectivity index (χ4v) is 2.95. The van der Waals surface area contributed by atoms with Crippen LogP contribution >= 0.6 is 35.6 Å². The van der Waals surface area contributed by atoms with Crippen molar-refractivity contribution in [3.05, 3.63) is 33.8 Å². The number of aliphatic hydroxyl groups excluding tert-OH is 1. The van der Waals surface area contributed by atoms with E-state index in [4.69, 9.17) is 33.0 Å². The SMILES string of the molecule is CN(CCO)C(=O)NC[C@H]1OCCNC[C@H]1c1ccc(Cl)c(Cl)c1.Cl. The van der Waals surface area contributed by atoms with E-state index in [0.717, 1.165) is 18.7 Å². The Labute approximate surface area is 164 Å². The number of hydrogen-bond donors (Lipinski definition) is 3. The van der Waals surface area contributed by atoms with Gasteiger partial charge in [0.05, 0.1) is 29.4 Å². The van der Waals surface area contributed by atoms with Gasteiger partial charge in [-0.15, -0.1) is 12.4 Å². The molecule has 2 atom stereocenters. The molecular formula is C16H24Cl3N3O3. The van der Waals surface area contributed by atoms with Crippen molar-refractivity contribution < 1.29 is 14.6 Å². The smallest absolute Gasteiger partial charge is 0.317 e. The van der Waals surface area contributed by atoms with Crippen LogP contribution in [0.2, 0.25) is 10.0 Å². The standard InChI is InChI=1S/C16H23Cl2N3O3.ClH/c1-21(5-6-22)16(23)20-10-15-12(9-19-4-7-24-15)11-2-3-13(17)14(18)8-11;/h2-3,8,12,15,19,22H,4-7,9-10H2,1H3,(H,20,23);1H/t12-,15+;/m0./s1. The third-order valence-corrected chi connectivity index (χ3v) is 4.77. The van der Waals surface area contributed by atoms with Crippen LogP contribution in [0.3, 0.4) is 0 Å². The molecule has 2 amide bonds. The lowest BCUT2D eigenvalue weighted by Crippen LogP contribution is -2.44. The van der Waals surface area contributed by atoms with Gasteiger partial charge in [-0.05, 0) is 17.7 Å². The van der Waals surface area contributed by atoms with Crippen LogP contribution in [-0.2, 0) is 4.74 Å². The van der Waals surface area contributed by atoms with Gasteiger partial charge >= 0.3 is 6.03 Å². The maximum Gasteiger partial charge on any atom is 0.317 e. The molecule has 1 aliphatic heterocycles. The average Bonchev–Trinajstić information content (AvgIpc) is 2.80. The van der Waals surface area contributed by atoms with Crippen molar-refractivity contribution in [2.45, 2.75) is 12.0 Å². The van der Waals surface area contributed by atoms with Crippen LogP contribution < -0.4 is 10.6 Å². The number of nitrogens with one attached hydrogen (secondary N) is 2. The fourth-order valence-electron chi connectivity index (χ4n) is 2.64. The largest absolute Gasteiger partial charge is 0.395 e. The van der Waals surface area contributed by atoms with Crippen molar-refractivity contribution in [3.8, 4) is 0 Å². The first kappa shape index (κ1) is 22.3. The molecular weight excluding hydrogens is 389 g/mol. The number of carbonyl (C=O) groups is 1. The molecule has 1 aliphatic rings. The molecule has 9 heteroatoms. The quantitative estimate of drug-likeness (QED) is 0.692. The van der Waals surface area contributed by atoms with Crippen LogP contribution in [0.1, 0.15) is 11.5 Å². The zero-order valence-corrected chi connectivity index (χ0v) is 16.3. The second-order valence-corrected chi connectivity index (χ2v) is 6.54. The van der Waals surface area contributed by atoms with Crippen molar-refractivity contribution >= 4 is 41.6 Å². The van der Waals surface area contributed by atoms with Crippen LogP contribution in [0, 0.1) is 0 Å². The minimum absolute atomic E-state index is 0. The van der Waals surface area contributed by atoms with Crippen LogP contribution in [0.4, 0.5) is 4.79 Å². The van der Waals surface area contributed by atoms with Gasteiger partial charge in [0.1, 0.15) is 0 Å². The van der Waals surface area contributed by atoms with Gasteiger partial charge in [-0.2, -0.15) is 0 Å². The Balaban J connectivity index is 0.00000312. The first-order valence-corrected chi connectivity index (χ1v) is 8.65. The summed E-state index contributed by atoms with van der Waals surface area (Å²) in [6, 6.07) is 5.31. The zero-order valence-electron chi connectivity index (χ0n) is 14.0. The number of hydrogen-bond acceptors (Lipinski definition) is 4. The molecule has 0 aliphatic carbocycles. The van der Waals surface area contributed by atoms with Gasteiger partial charge in [-0.3, -0.25) is 0 Å². The summed E-state index contributed by atoms with van der Waals surface area (Å²) < 4.78 is 5.91. The number of nitrogens with zero attached hydrogens (tertiary/aromatic N) is 1. The molecule has 0 bridgehead atoms. The maximum atomic E-state index is 12.0. The predicted molar refractivity (Wildman–Crippen MR) is 102 cm³/mol. The molecule has 1 fully saturated rings. The van der Waals surface area contributed by atoms with Gasteiger partial charge in [-0.1, -0.05) is 29.3 Å². The maximum absolute atomic E-state index is 12.0. The zero-order chi connectivity index (χ0) is 17.5. The monoisotopic (exact) mass is 411 g/mol.